The summed E-state index contributed by atoms with van der Waals surface area (Å²) in [6.45, 7) is 6.04. The van der Waals surface area contributed by atoms with Crippen LogP contribution in [0.25, 0.3) is 0 Å². The molecule has 8 heteroatoms. The first-order valence-electron chi connectivity index (χ1n) is 2.70. The topological polar surface area (TPSA) is 97.7 Å². The number of hydrogen-bond donors (Lipinski definition) is 1. The summed E-state index contributed by atoms with van der Waals surface area (Å²) in [5, 5.41) is 0. The summed E-state index contributed by atoms with van der Waals surface area (Å²) in [4.78, 5) is 2.01. The van der Waals surface area contributed by atoms with Gasteiger partial charge in [-0.15, -0.1) is 12.6 Å². The van der Waals surface area contributed by atoms with Crippen LogP contribution in [0.2, 0.25) is 0 Å². The van der Waals surface area contributed by atoms with E-state index in [9.17, 15) is 0 Å². The van der Waals surface area contributed by atoms with E-state index in [4.69, 9.17) is 12.2 Å². The van der Waals surface area contributed by atoms with E-state index in [1.54, 1.807) is 0 Å². The van der Waals surface area contributed by atoms with Gasteiger partial charge in [0.1, 0.15) is 4.32 Å². The van der Waals surface area contributed by atoms with Gasteiger partial charge in [0.2, 0.25) is 0 Å². The molecule has 84 valence electrons. The van der Waals surface area contributed by atoms with E-state index in [1.807, 2.05) is 4.90 Å². The predicted molar refractivity (Wildman–Crippen MR) is 62.5 cm³/mol. The Morgan fingerprint density at radius 1 is 1.15 bits per heavy atom. The summed E-state index contributed by atoms with van der Waals surface area (Å²) in [7, 11) is 0. The predicted octanol–water partition coefficient (Wildman–Crippen LogP) is -1.58. The van der Waals surface area contributed by atoms with Gasteiger partial charge in [0.25, 0.3) is 0 Å². The molecule has 13 heavy (non-hydrogen) atoms. The minimum atomic E-state index is 0. The smallest absolute Gasteiger partial charge is 0 e. The Labute approximate surface area is 126 Å². The fraction of sp³-hybridized carbons (Fsp3) is 0.800. The van der Waals surface area contributed by atoms with E-state index in [2.05, 4.69) is 26.5 Å². The molecule has 0 amide bonds. The first-order valence-corrected chi connectivity index (χ1v) is 3.55. The van der Waals surface area contributed by atoms with Gasteiger partial charge >= 0.3 is 29.6 Å². The van der Waals surface area contributed by atoms with Crippen LogP contribution in [0.15, 0.2) is 0 Å². The molecule has 0 saturated carbocycles. The zero-order chi connectivity index (χ0) is 6.57. The molecule has 0 fully saturated rings. The third-order valence-corrected chi connectivity index (χ3v) is 1.58. The van der Waals surface area contributed by atoms with E-state index in [0.29, 0.717) is 4.32 Å². The van der Waals surface area contributed by atoms with Crippen molar-refractivity contribution in [2.75, 3.05) is 13.1 Å². The van der Waals surface area contributed by atoms with Gasteiger partial charge in [0.05, 0.1) is 0 Å². The molecule has 0 heterocycles. The standard InChI is InChI=1S/C5H11NS2.Na.3H2O.Pd.H/c1-3-6(4-2)5(7)8;;;;;;/h3-4H2,1-2H3,(H,7,8);;3*1H2;;. The monoisotopic (exact) mass is 333 g/mol. The fourth-order valence-electron chi connectivity index (χ4n) is 0.494. The molecule has 0 rings (SSSR count). The van der Waals surface area contributed by atoms with Crippen LogP contribution in [-0.2, 0) is 20.4 Å². The molecule has 0 aliphatic carbocycles. The second kappa shape index (κ2) is 23.5. The molecular weight excluding hydrogens is 316 g/mol. The zero-order valence-corrected chi connectivity index (χ0v) is 10.3. The molecule has 0 aromatic rings. The Bertz CT molecular complexity index is 97.8. The molecule has 0 aromatic carbocycles. The summed E-state index contributed by atoms with van der Waals surface area (Å²) >= 11 is 8.82. The van der Waals surface area contributed by atoms with Crippen LogP contribution in [0.3, 0.4) is 0 Å². The van der Waals surface area contributed by atoms with Crippen molar-refractivity contribution in [3.8, 4) is 0 Å². The summed E-state index contributed by atoms with van der Waals surface area (Å²) in [6, 6.07) is 0. The van der Waals surface area contributed by atoms with Crippen LogP contribution in [0.1, 0.15) is 13.8 Å². The number of thiol groups is 1. The van der Waals surface area contributed by atoms with Gasteiger partial charge in [-0.3, -0.25) is 0 Å². The summed E-state index contributed by atoms with van der Waals surface area (Å²) < 4.78 is 0.690. The molecule has 0 aliphatic heterocycles. The normalized spacial score (nSPS) is 5.46. The maximum Gasteiger partial charge on any atom is 0 e. The zero-order valence-electron chi connectivity index (χ0n) is 7.03. The average molecular weight is 334 g/mol. The minimum Gasteiger partial charge on any atom is 0 e. The number of rotatable bonds is 2. The molecule has 0 aliphatic rings. The van der Waals surface area contributed by atoms with Crippen molar-refractivity contribution < 1.29 is 36.9 Å². The van der Waals surface area contributed by atoms with E-state index in [1.165, 1.54) is 0 Å². The number of thiocarbonyl (C=S) groups is 1. The molecule has 0 spiro atoms. The van der Waals surface area contributed by atoms with Crippen molar-refractivity contribution in [1.29, 1.82) is 0 Å². The molecule has 0 aromatic heterocycles. The molecular formula is C5H18NNaO3PdS2. The molecule has 0 atom stereocenters. The third-order valence-electron chi connectivity index (χ3n) is 1.03. The van der Waals surface area contributed by atoms with E-state index < -0.39 is 0 Å². The second-order valence-electron chi connectivity index (χ2n) is 1.45. The van der Waals surface area contributed by atoms with Gasteiger partial charge in [0, 0.05) is 33.5 Å². The molecule has 4 nitrogen and oxygen atoms in total. The first kappa shape index (κ1) is 36.4. The van der Waals surface area contributed by atoms with Crippen LogP contribution in [0.4, 0.5) is 0 Å². The largest absolute Gasteiger partial charge is 0 e. The van der Waals surface area contributed by atoms with Crippen molar-refractivity contribution >= 4 is 58.7 Å². The van der Waals surface area contributed by atoms with Gasteiger partial charge in [-0.25, -0.2) is 0 Å². The van der Waals surface area contributed by atoms with Gasteiger partial charge in [-0.2, -0.15) is 0 Å². The van der Waals surface area contributed by atoms with Crippen molar-refractivity contribution in [3.05, 3.63) is 0 Å². The van der Waals surface area contributed by atoms with Gasteiger partial charge in [-0.1, -0.05) is 12.2 Å². The summed E-state index contributed by atoms with van der Waals surface area (Å²) in [5.74, 6) is 0. The Balaban J connectivity index is -0.0000000245. The Morgan fingerprint density at radius 2 is 1.38 bits per heavy atom. The Hall–Kier alpha value is 1.78. The van der Waals surface area contributed by atoms with Crippen molar-refractivity contribution in [2.24, 2.45) is 0 Å². The number of nitrogens with zero attached hydrogens (tertiary/aromatic N) is 1. The minimum absolute atomic E-state index is 0. The summed E-state index contributed by atoms with van der Waals surface area (Å²) in [5.41, 5.74) is 0. The maximum absolute atomic E-state index is 4.81. The average Bonchev–Trinajstić information content (AvgIpc) is 1.69. The van der Waals surface area contributed by atoms with Crippen LogP contribution in [0.5, 0.6) is 0 Å². The molecule has 0 saturated heterocycles. The fourth-order valence-corrected chi connectivity index (χ4v) is 1.04. The third kappa shape index (κ3) is 20.0. The summed E-state index contributed by atoms with van der Waals surface area (Å²) in [6.07, 6.45) is 0. The molecule has 0 unspecified atom stereocenters. The second-order valence-corrected chi connectivity index (χ2v) is 2.57. The SMILES string of the molecule is CCN(CC)C(=S)S.O.O.O.[NaH].[Pd]. The Kier molecular flexibility index (Phi) is 65.9. The van der Waals surface area contributed by atoms with E-state index in [-0.39, 0.29) is 66.4 Å². The first-order chi connectivity index (χ1) is 3.72. The van der Waals surface area contributed by atoms with Crippen LogP contribution in [-0.4, -0.2) is 68.3 Å². The Morgan fingerprint density at radius 3 is 1.38 bits per heavy atom. The number of hydrogen-bond acceptors (Lipinski definition) is 1. The molecule has 6 N–H and O–H groups in total. The van der Waals surface area contributed by atoms with Crippen LogP contribution < -0.4 is 0 Å². The quantitative estimate of drug-likeness (QED) is 0.375. The van der Waals surface area contributed by atoms with Crippen molar-refractivity contribution in [3.63, 3.8) is 0 Å². The van der Waals surface area contributed by atoms with E-state index >= 15 is 0 Å². The van der Waals surface area contributed by atoms with Gasteiger partial charge in [0.15, 0.2) is 0 Å². The molecule has 0 bridgehead atoms. The maximum atomic E-state index is 4.81. The molecule has 0 radical (unpaired) electrons. The van der Waals surface area contributed by atoms with Gasteiger partial charge < -0.3 is 21.3 Å². The van der Waals surface area contributed by atoms with Crippen molar-refractivity contribution in [1.82, 2.24) is 4.90 Å². The van der Waals surface area contributed by atoms with Crippen molar-refractivity contribution in [2.45, 2.75) is 13.8 Å². The van der Waals surface area contributed by atoms with Gasteiger partial charge in [-0.05, 0) is 13.8 Å². The van der Waals surface area contributed by atoms with Crippen LogP contribution >= 0.6 is 24.8 Å². The van der Waals surface area contributed by atoms with E-state index in [0.717, 1.165) is 13.1 Å². The van der Waals surface area contributed by atoms with Crippen LogP contribution in [0, 0.1) is 0 Å².